The Kier molecular flexibility index (Phi) is 5.64. The van der Waals surface area contributed by atoms with Crippen LogP contribution in [0.3, 0.4) is 0 Å². The van der Waals surface area contributed by atoms with E-state index in [0.29, 0.717) is 23.8 Å². The number of carbonyl (C=O) groups is 1. The fourth-order valence-corrected chi connectivity index (χ4v) is 2.99. The van der Waals surface area contributed by atoms with Crippen LogP contribution in [0.15, 0.2) is 0 Å². The summed E-state index contributed by atoms with van der Waals surface area (Å²) in [5, 5.41) is 0. The maximum atomic E-state index is 12.5. The van der Waals surface area contributed by atoms with Gasteiger partial charge in [-0.1, -0.05) is 20.8 Å². The summed E-state index contributed by atoms with van der Waals surface area (Å²) in [6.07, 6.45) is 3.98. The van der Waals surface area contributed by atoms with Crippen molar-refractivity contribution in [3.8, 4) is 0 Å². The first kappa shape index (κ1) is 15.5. The number of nitrogens with two attached hydrogens (primary N) is 1. The normalized spacial score (nSPS) is 30.3. The van der Waals surface area contributed by atoms with E-state index in [9.17, 15) is 4.79 Å². The van der Waals surface area contributed by atoms with Crippen LogP contribution in [0, 0.1) is 17.8 Å². The third-order valence-corrected chi connectivity index (χ3v) is 4.41. The quantitative estimate of drug-likeness (QED) is 0.838. The van der Waals surface area contributed by atoms with Gasteiger partial charge >= 0.3 is 0 Å². The summed E-state index contributed by atoms with van der Waals surface area (Å²) >= 11 is 0. The van der Waals surface area contributed by atoms with Gasteiger partial charge in [0.25, 0.3) is 0 Å². The van der Waals surface area contributed by atoms with Crippen molar-refractivity contribution in [3.05, 3.63) is 0 Å². The van der Waals surface area contributed by atoms with Crippen molar-refractivity contribution in [2.75, 3.05) is 7.05 Å². The summed E-state index contributed by atoms with van der Waals surface area (Å²) in [6.45, 7) is 8.73. The Morgan fingerprint density at radius 2 is 1.94 bits per heavy atom. The van der Waals surface area contributed by atoms with E-state index in [1.807, 2.05) is 11.9 Å². The molecule has 0 heterocycles. The molecule has 1 amide bonds. The van der Waals surface area contributed by atoms with Crippen molar-refractivity contribution >= 4 is 5.91 Å². The standard InChI is InChI=1S/C15H30N2O/c1-10(2)8-12(4)17(5)15(18)13-6-7-14(16)11(3)9-13/h10-14H,6-9,16H2,1-5H3. The number of hydrogen-bond donors (Lipinski definition) is 1. The zero-order chi connectivity index (χ0) is 13.9. The molecule has 0 spiro atoms. The van der Waals surface area contributed by atoms with Gasteiger partial charge in [-0.25, -0.2) is 0 Å². The SMILES string of the molecule is CC(C)CC(C)N(C)C(=O)C1CCC(N)C(C)C1. The second kappa shape index (κ2) is 6.55. The molecule has 106 valence electrons. The highest BCUT2D eigenvalue weighted by molar-refractivity contribution is 5.79. The van der Waals surface area contributed by atoms with E-state index in [2.05, 4.69) is 27.7 Å². The Labute approximate surface area is 112 Å². The minimum atomic E-state index is 0.194. The number of nitrogens with zero attached hydrogens (tertiary/aromatic N) is 1. The zero-order valence-electron chi connectivity index (χ0n) is 12.6. The first-order valence-electron chi connectivity index (χ1n) is 7.35. The minimum absolute atomic E-state index is 0.194. The molecule has 1 rings (SSSR count). The van der Waals surface area contributed by atoms with Gasteiger partial charge in [0.2, 0.25) is 5.91 Å². The Balaban J connectivity index is 2.53. The molecule has 0 aliphatic heterocycles. The molecule has 4 atom stereocenters. The van der Waals surface area contributed by atoms with Crippen LogP contribution in [0.5, 0.6) is 0 Å². The molecule has 0 radical (unpaired) electrons. The van der Waals surface area contributed by atoms with Gasteiger partial charge in [0.05, 0.1) is 0 Å². The van der Waals surface area contributed by atoms with Gasteiger partial charge in [0.1, 0.15) is 0 Å². The summed E-state index contributed by atoms with van der Waals surface area (Å²) in [7, 11) is 1.95. The third kappa shape index (κ3) is 3.98. The predicted octanol–water partition coefficient (Wildman–Crippen LogP) is 2.64. The summed E-state index contributed by atoms with van der Waals surface area (Å²) in [5.41, 5.74) is 6.02. The molecule has 18 heavy (non-hydrogen) atoms. The summed E-state index contributed by atoms with van der Waals surface area (Å²) in [6, 6.07) is 0.621. The molecule has 2 N–H and O–H groups in total. The lowest BCUT2D eigenvalue weighted by atomic mass is 9.78. The van der Waals surface area contributed by atoms with Gasteiger partial charge in [0, 0.05) is 25.0 Å². The lowest BCUT2D eigenvalue weighted by molar-refractivity contribution is -0.137. The molecule has 1 fully saturated rings. The molecule has 3 nitrogen and oxygen atoms in total. The van der Waals surface area contributed by atoms with Crippen LogP contribution >= 0.6 is 0 Å². The number of rotatable bonds is 4. The summed E-state index contributed by atoms with van der Waals surface area (Å²) in [5.74, 6) is 1.62. The molecular formula is C15H30N2O. The number of hydrogen-bond acceptors (Lipinski definition) is 2. The van der Waals surface area contributed by atoms with E-state index < -0.39 is 0 Å². The second-order valence-corrected chi connectivity index (χ2v) is 6.58. The molecule has 0 saturated heterocycles. The van der Waals surface area contributed by atoms with Crippen LogP contribution in [-0.4, -0.2) is 29.9 Å². The molecule has 1 saturated carbocycles. The monoisotopic (exact) mass is 254 g/mol. The Morgan fingerprint density at radius 1 is 1.33 bits per heavy atom. The number of carbonyl (C=O) groups excluding carboxylic acids is 1. The van der Waals surface area contributed by atoms with Crippen molar-refractivity contribution < 1.29 is 4.79 Å². The van der Waals surface area contributed by atoms with Gasteiger partial charge in [-0.05, 0) is 44.4 Å². The Morgan fingerprint density at radius 3 is 2.44 bits per heavy atom. The van der Waals surface area contributed by atoms with Crippen molar-refractivity contribution in [3.63, 3.8) is 0 Å². The molecule has 1 aliphatic rings. The average molecular weight is 254 g/mol. The smallest absolute Gasteiger partial charge is 0.225 e. The largest absolute Gasteiger partial charge is 0.343 e. The third-order valence-electron chi connectivity index (χ3n) is 4.41. The van der Waals surface area contributed by atoms with E-state index in [1.54, 1.807) is 0 Å². The minimum Gasteiger partial charge on any atom is -0.343 e. The van der Waals surface area contributed by atoms with Gasteiger partial charge in [-0.2, -0.15) is 0 Å². The highest BCUT2D eigenvalue weighted by Crippen LogP contribution is 2.29. The van der Waals surface area contributed by atoms with Gasteiger partial charge < -0.3 is 10.6 Å². The molecule has 0 bridgehead atoms. The predicted molar refractivity (Wildman–Crippen MR) is 76.2 cm³/mol. The van der Waals surface area contributed by atoms with Crippen LogP contribution in [0.2, 0.25) is 0 Å². The Bertz CT molecular complexity index is 278. The van der Waals surface area contributed by atoms with E-state index >= 15 is 0 Å². The van der Waals surface area contributed by atoms with Crippen molar-refractivity contribution in [1.29, 1.82) is 0 Å². The second-order valence-electron chi connectivity index (χ2n) is 6.58. The fraction of sp³-hybridized carbons (Fsp3) is 0.933. The van der Waals surface area contributed by atoms with E-state index in [-0.39, 0.29) is 12.0 Å². The summed E-state index contributed by atoms with van der Waals surface area (Å²) < 4.78 is 0. The molecular weight excluding hydrogens is 224 g/mol. The van der Waals surface area contributed by atoms with Gasteiger partial charge in [-0.3, -0.25) is 4.79 Å². The lowest BCUT2D eigenvalue weighted by Gasteiger charge is -2.35. The Hall–Kier alpha value is -0.570. The average Bonchev–Trinajstić information content (AvgIpc) is 2.30. The molecule has 3 heteroatoms. The lowest BCUT2D eigenvalue weighted by Crippen LogP contribution is -2.44. The van der Waals surface area contributed by atoms with Gasteiger partial charge in [-0.15, -0.1) is 0 Å². The topological polar surface area (TPSA) is 46.3 Å². The first-order chi connectivity index (χ1) is 8.32. The molecule has 0 aromatic heterocycles. The zero-order valence-corrected chi connectivity index (χ0v) is 12.6. The molecule has 0 aromatic carbocycles. The van der Waals surface area contributed by atoms with Crippen molar-refractivity contribution in [2.24, 2.45) is 23.5 Å². The maximum Gasteiger partial charge on any atom is 0.225 e. The van der Waals surface area contributed by atoms with Crippen LogP contribution < -0.4 is 5.73 Å². The van der Waals surface area contributed by atoms with Gasteiger partial charge in [0.15, 0.2) is 0 Å². The van der Waals surface area contributed by atoms with Crippen LogP contribution in [0.4, 0.5) is 0 Å². The summed E-state index contributed by atoms with van der Waals surface area (Å²) in [4.78, 5) is 14.4. The molecule has 0 aromatic rings. The van der Waals surface area contributed by atoms with Crippen LogP contribution in [-0.2, 0) is 4.79 Å². The van der Waals surface area contributed by atoms with E-state index in [0.717, 1.165) is 25.7 Å². The van der Waals surface area contributed by atoms with E-state index in [4.69, 9.17) is 5.73 Å². The van der Waals surface area contributed by atoms with Crippen LogP contribution in [0.25, 0.3) is 0 Å². The highest BCUT2D eigenvalue weighted by Gasteiger charge is 2.32. The van der Waals surface area contributed by atoms with Crippen molar-refractivity contribution in [1.82, 2.24) is 4.90 Å². The highest BCUT2D eigenvalue weighted by atomic mass is 16.2. The number of amides is 1. The fourth-order valence-electron chi connectivity index (χ4n) is 2.99. The maximum absolute atomic E-state index is 12.5. The van der Waals surface area contributed by atoms with Crippen LogP contribution in [0.1, 0.15) is 53.4 Å². The van der Waals surface area contributed by atoms with Crippen molar-refractivity contribution in [2.45, 2.75) is 65.5 Å². The first-order valence-corrected chi connectivity index (χ1v) is 7.35. The molecule has 4 unspecified atom stereocenters. The van der Waals surface area contributed by atoms with E-state index in [1.165, 1.54) is 0 Å². The molecule has 1 aliphatic carbocycles.